The molecule has 154 valence electrons. The molecule has 1 aromatic heterocycles. The van der Waals surface area contributed by atoms with Crippen molar-refractivity contribution in [2.75, 3.05) is 26.2 Å². The number of pyridine rings is 1. The highest BCUT2D eigenvalue weighted by atomic mass is 35.5. The van der Waals surface area contributed by atoms with Gasteiger partial charge in [-0.3, -0.25) is 14.7 Å². The number of hydrogen-bond donors (Lipinski definition) is 0. The minimum Gasteiger partial charge on any atom is -0.489 e. The summed E-state index contributed by atoms with van der Waals surface area (Å²) in [5.41, 5.74) is 2.86. The van der Waals surface area contributed by atoms with Crippen LogP contribution in [-0.2, 0) is 13.2 Å². The topological polar surface area (TPSA) is 45.7 Å². The Hall–Kier alpha value is -2.89. The van der Waals surface area contributed by atoms with E-state index in [-0.39, 0.29) is 5.91 Å². The quantitative estimate of drug-likeness (QED) is 0.596. The summed E-state index contributed by atoms with van der Waals surface area (Å²) in [6.45, 7) is 4.48. The standard InChI is InChI=1S/C24H24ClN3O2/c25-23-4-2-1-3-21(23)18-30-22-7-5-20(6-8-22)24(29)28-15-13-27(14-16-28)17-19-9-11-26-12-10-19/h1-12H,13-18H2. The lowest BCUT2D eigenvalue weighted by Gasteiger charge is -2.34. The molecule has 1 amide bonds. The fourth-order valence-electron chi connectivity index (χ4n) is 3.51. The molecular weight excluding hydrogens is 398 g/mol. The van der Waals surface area contributed by atoms with Crippen LogP contribution >= 0.6 is 11.6 Å². The van der Waals surface area contributed by atoms with Crippen LogP contribution in [-0.4, -0.2) is 46.9 Å². The van der Waals surface area contributed by atoms with Crippen LogP contribution in [0.25, 0.3) is 0 Å². The fraction of sp³-hybridized carbons (Fsp3) is 0.250. The van der Waals surface area contributed by atoms with Crippen LogP contribution in [0.15, 0.2) is 73.1 Å². The minimum absolute atomic E-state index is 0.0659. The Morgan fingerprint density at radius 1 is 0.933 bits per heavy atom. The van der Waals surface area contributed by atoms with Crippen LogP contribution in [0.2, 0.25) is 5.02 Å². The molecular formula is C24H24ClN3O2. The Kier molecular flexibility index (Phi) is 6.62. The number of ether oxygens (including phenoxy) is 1. The van der Waals surface area contributed by atoms with Gasteiger partial charge in [0.15, 0.2) is 0 Å². The maximum absolute atomic E-state index is 12.8. The maximum Gasteiger partial charge on any atom is 0.253 e. The lowest BCUT2D eigenvalue weighted by molar-refractivity contribution is 0.0628. The van der Waals surface area contributed by atoms with Crippen molar-refractivity contribution in [2.45, 2.75) is 13.2 Å². The summed E-state index contributed by atoms with van der Waals surface area (Å²) < 4.78 is 5.80. The van der Waals surface area contributed by atoms with Crippen molar-refractivity contribution in [3.05, 3.63) is 94.8 Å². The van der Waals surface area contributed by atoms with Gasteiger partial charge in [0.2, 0.25) is 0 Å². The molecule has 0 N–H and O–H groups in total. The summed E-state index contributed by atoms with van der Waals surface area (Å²) in [4.78, 5) is 21.2. The van der Waals surface area contributed by atoms with Gasteiger partial charge in [0.1, 0.15) is 12.4 Å². The lowest BCUT2D eigenvalue weighted by Crippen LogP contribution is -2.48. The molecule has 1 saturated heterocycles. The first kappa shape index (κ1) is 20.4. The smallest absolute Gasteiger partial charge is 0.253 e. The molecule has 0 aliphatic carbocycles. The third-order valence-corrected chi connectivity index (χ3v) is 5.64. The van der Waals surface area contributed by atoms with E-state index in [0.29, 0.717) is 22.9 Å². The zero-order valence-corrected chi connectivity index (χ0v) is 17.5. The Labute approximate surface area is 181 Å². The van der Waals surface area contributed by atoms with Crippen LogP contribution in [0.4, 0.5) is 0 Å². The predicted octanol–water partition coefficient (Wildman–Crippen LogP) is 4.27. The van der Waals surface area contributed by atoms with Crippen LogP contribution in [0.5, 0.6) is 5.75 Å². The molecule has 6 heteroatoms. The van der Waals surface area contributed by atoms with E-state index in [1.807, 2.05) is 78.0 Å². The van der Waals surface area contributed by atoms with Gasteiger partial charge in [0, 0.05) is 61.3 Å². The van der Waals surface area contributed by atoms with E-state index in [1.54, 1.807) is 0 Å². The van der Waals surface area contributed by atoms with Crippen molar-refractivity contribution in [1.29, 1.82) is 0 Å². The molecule has 3 aromatic rings. The average molecular weight is 422 g/mol. The van der Waals surface area contributed by atoms with Crippen LogP contribution in [0, 0.1) is 0 Å². The number of nitrogens with zero attached hydrogens (tertiary/aromatic N) is 3. The van der Waals surface area contributed by atoms with Gasteiger partial charge in [-0.2, -0.15) is 0 Å². The van der Waals surface area contributed by atoms with Crippen LogP contribution in [0.1, 0.15) is 21.5 Å². The number of benzene rings is 2. The predicted molar refractivity (Wildman–Crippen MR) is 118 cm³/mol. The number of aromatic nitrogens is 1. The SMILES string of the molecule is O=C(c1ccc(OCc2ccccc2Cl)cc1)N1CCN(Cc2ccncc2)CC1. The first-order chi connectivity index (χ1) is 14.7. The number of rotatable bonds is 6. The van der Waals surface area contributed by atoms with Crippen molar-refractivity contribution in [3.63, 3.8) is 0 Å². The van der Waals surface area contributed by atoms with Crippen molar-refractivity contribution in [1.82, 2.24) is 14.8 Å². The number of carbonyl (C=O) groups is 1. The molecule has 0 atom stereocenters. The Morgan fingerprint density at radius 2 is 1.63 bits per heavy atom. The molecule has 5 nitrogen and oxygen atoms in total. The largest absolute Gasteiger partial charge is 0.489 e. The van der Waals surface area contributed by atoms with Crippen molar-refractivity contribution >= 4 is 17.5 Å². The number of hydrogen-bond acceptors (Lipinski definition) is 4. The highest BCUT2D eigenvalue weighted by molar-refractivity contribution is 6.31. The van der Waals surface area contributed by atoms with E-state index in [1.165, 1.54) is 5.56 Å². The summed E-state index contributed by atoms with van der Waals surface area (Å²) >= 11 is 6.16. The number of halogens is 1. The van der Waals surface area contributed by atoms with Gasteiger partial charge >= 0.3 is 0 Å². The second-order valence-electron chi connectivity index (χ2n) is 7.33. The van der Waals surface area contributed by atoms with Crippen molar-refractivity contribution in [3.8, 4) is 5.75 Å². The van der Waals surface area contributed by atoms with Gasteiger partial charge in [0.25, 0.3) is 5.91 Å². The second-order valence-corrected chi connectivity index (χ2v) is 7.74. The van der Waals surface area contributed by atoms with E-state index in [0.717, 1.165) is 38.3 Å². The van der Waals surface area contributed by atoms with Gasteiger partial charge < -0.3 is 9.64 Å². The molecule has 4 rings (SSSR count). The summed E-state index contributed by atoms with van der Waals surface area (Å²) in [5.74, 6) is 0.782. The highest BCUT2D eigenvalue weighted by Crippen LogP contribution is 2.20. The monoisotopic (exact) mass is 421 g/mol. The average Bonchev–Trinajstić information content (AvgIpc) is 2.80. The normalized spacial score (nSPS) is 14.5. The van der Waals surface area contributed by atoms with E-state index < -0.39 is 0 Å². The number of amides is 1. The third-order valence-electron chi connectivity index (χ3n) is 5.27. The molecule has 2 heterocycles. The van der Waals surface area contributed by atoms with Crippen LogP contribution in [0.3, 0.4) is 0 Å². The van der Waals surface area contributed by atoms with Gasteiger partial charge in [-0.1, -0.05) is 29.8 Å². The van der Waals surface area contributed by atoms with E-state index in [4.69, 9.17) is 16.3 Å². The highest BCUT2D eigenvalue weighted by Gasteiger charge is 2.22. The fourth-order valence-corrected chi connectivity index (χ4v) is 3.70. The molecule has 0 radical (unpaired) electrons. The number of carbonyl (C=O) groups excluding carboxylic acids is 1. The molecule has 0 bridgehead atoms. The Balaban J connectivity index is 1.28. The first-order valence-electron chi connectivity index (χ1n) is 10.1. The molecule has 0 saturated carbocycles. The molecule has 1 aliphatic heterocycles. The molecule has 30 heavy (non-hydrogen) atoms. The molecule has 0 unspecified atom stereocenters. The summed E-state index contributed by atoms with van der Waals surface area (Å²) in [7, 11) is 0. The maximum atomic E-state index is 12.8. The number of piperazine rings is 1. The Bertz CT molecular complexity index is 971. The first-order valence-corrected chi connectivity index (χ1v) is 10.4. The summed E-state index contributed by atoms with van der Waals surface area (Å²) in [6.07, 6.45) is 3.63. The lowest BCUT2D eigenvalue weighted by atomic mass is 10.1. The van der Waals surface area contributed by atoms with E-state index >= 15 is 0 Å². The van der Waals surface area contributed by atoms with Gasteiger partial charge in [-0.05, 0) is 48.0 Å². The van der Waals surface area contributed by atoms with Crippen molar-refractivity contribution in [2.24, 2.45) is 0 Å². The summed E-state index contributed by atoms with van der Waals surface area (Å²) in [6, 6.07) is 19.0. The molecule has 0 spiro atoms. The van der Waals surface area contributed by atoms with Gasteiger partial charge in [-0.25, -0.2) is 0 Å². The molecule has 1 aliphatic rings. The van der Waals surface area contributed by atoms with Gasteiger partial charge in [-0.15, -0.1) is 0 Å². The third kappa shape index (κ3) is 5.17. The van der Waals surface area contributed by atoms with E-state index in [9.17, 15) is 4.79 Å². The minimum atomic E-state index is 0.0659. The van der Waals surface area contributed by atoms with Crippen molar-refractivity contribution < 1.29 is 9.53 Å². The summed E-state index contributed by atoms with van der Waals surface area (Å²) in [5, 5.41) is 0.687. The second kappa shape index (κ2) is 9.74. The zero-order chi connectivity index (χ0) is 20.8. The van der Waals surface area contributed by atoms with Crippen LogP contribution < -0.4 is 4.74 Å². The van der Waals surface area contributed by atoms with Gasteiger partial charge in [0.05, 0.1) is 0 Å². The Morgan fingerprint density at radius 3 is 2.33 bits per heavy atom. The van der Waals surface area contributed by atoms with E-state index in [2.05, 4.69) is 9.88 Å². The molecule has 1 fully saturated rings. The molecule has 2 aromatic carbocycles. The zero-order valence-electron chi connectivity index (χ0n) is 16.7.